The largest absolute Gasteiger partial charge is 0.354 e. The maximum absolute atomic E-state index is 13.0. The molecule has 6 heteroatoms. The van der Waals surface area contributed by atoms with Crippen LogP contribution in [0.3, 0.4) is 0 Å². The van der Waals surface area contributed by atoms with E-state index in [1.807, 2.05) is 0 Å². The van der Waals surface area contributed by atoms with Crippen molar-refractivity contribution in [2.45, 2.75) is 19.8 Å². The number of benzene rings is 2. The number of aryl methyl sites for hydroxylation is 1. The molecule has 0 aromatic heterocycles. The molecule has 0 bridgehead atoms. The van der Waals surface area contributed by atoms with Crippen LogP contribution in [-0.2, 0) is 20.8 Å². The lowest BCUT2D eigenvalue weighted by molar-refractivity contribution is -0.136. The summed E-state index contributed by atoms with van der Waals surface area (Å²) in [6.45, 7) is 3.86. The van der Waals surface area contributed by atoms with E-state index in [2.05, 4.69) is 60.8 Å². The van der Waals surface area contributed by atoms with Crippen LogP contribution in [0.15, 0.2) is 48.5 Å². The minimum absolute atomic E-state index is 0.00706. The average molecular weight is 420 g/mol. The molecule has 0 spiro atoms. The van der Waals surface area contributed by atoms with Crippen molar-refractivity contribution in [2.24, 2.45) is 11.8 Å². The van der Waals surface area contributed by atoms with Crippen LogP contribution in [0.4, 0.5) is 0 Å². The smallest absolute Gasteiger partial charge is 0.228 e. The molecular weight excluding hydrogens is 390 g/mol. The zero-order chi connectivity index (χ0) is 22.0. The third kappa shape index (κ3) is 4.79. The van der Waals surface area contributed by atoms with Crippen molar-refractivity contribution < 1.29 is 14.4 Å². The van der Waals surface area contributed by atoms with Crippen LogP contribution >= 0.6 is 0 Å². The third-order valence-corrected chi connectivity index (χ3v) is 6.28. The van der Waals surface area contributed by atoms with Gasteiger partial charge >= 0.3 is 0 Å². The number of hydrogen-bond donors (Lipinski definition) is 1. The molecular formula is C25H29N3O3. The highest BCUT2D eigenvalue weighted by atomic mass is 16.2. The number of nitrogens with one attached hydrogen (secondary N) is 1. The maximum atomic E-state index is 13.0. The van der Waals surface area contributed by atoms with E-state index in [-0.39, 0.29) is 36.0 Å². The van der Waals surface area contributed by atoms with Gasteiger partial charge in [0, 0.05) is 39.6 Å². The summed E-state index contributed by atoms with van der Waals surface area (Å²) in [6.07, 6.45) is 0.839. The van der Waals surface area contributed by atoms with Gasteiger partial charge < -0.3 is 15.1 Å². The molecule has 0 unspecified atom stereocenters. The summed E-state index contributed by atoms with van der Waals surface area (Å²) in [7, 11) is 1.73. The third-order valence-electron chi connectivity index (χ3n) is 6.28. The number of hydrogen-bond acceptors (Lipinski definition) is 3. The van der Waals surface area contributed by atoms with Crippen LogP contribution in [0.1, 0.15) is 17.5 Å². The second-order valence-electron chi connectivity index (χ2n) is 8.72. The molecule has 0 radical (unpaired) electrons. The predicted molar refractivity (Wildman–Crippen MR) is 119 cm³/mol. The zero-order valence-corrected chi connectivity index (χ0v) is 18.1. The molecule has 2 atom stereocenters. The molecule has 2 aliphatic heterocycles. The molecule has 2 heterocycles. The second kappa shape index (κ2) is 8.92. The Labute approximate surface area is 183 Å². The van der Waals surface area contributed by atoms with Crippen LogP contribution in [0.25, 0.3) is 11.1 Å². The molecule has 162 valence electrons. The van der Waals surface area contributed by atoms with Crippen molar-refractivity contribution in [3.8, 4) is 11.1 Å². The van der Waals surface area contributed by atoms with E-state index >= 15 is 0 Å². The summed E-state index contributed by atoms with van der Waals surface area (Å²) in [4.78, 5) is 40.8. The minimum atomic E-state index is -0.306. The lowest BCUT2D eigenvalue weighted by atomic mass is 9.95. The van der Waals surface area contributed by atoms with Gasteiger partial charge in [0.25, 0.3) is 0 Å². The number of amides is 3. The van der Waals surface area contributed by atoms with Gasteiger partial charge in [-0.15, -0.1) is 0 Å². The van der Waals surface area contributed by atoms with E-state index < -0.39 is 0 Å². The van der Waals surface area contributed by atoms with E-state index in [1.54, 1.807) is 16.8 Å². The van der Waals surface area contributed by atoms with Gasteiger partial charge in [-0.3, -0.25) is 14.4 Å². The van der Waals surface area contributed by atoms with Crippen LogP contribution in [0, 0.1) is 18.8 Å². The van der Waals surface area contributed by atoms with Crippen molar-refractivity contribution in [3.63, 3.8) is 0 Å². The summed E-state index contributed by atoms with van der Waals surface area (Å²) in [5.41, 5.74) is 4.61. The van der Waals surface area contributed by atoms with E-state index in [0.29, 0.717) is 32.6 Å². The standard InChI is InChI=1S/C25H29N3O3/c1-17-4-3-5-20(12-17)19-8-6-18(7-9-19)13-21-16-28(11-10-26-24(21)30)25(31)22-14-23(29)27(2)15-22/h3-9,12,21-22H,10-11,13-16H2,1-2H3,(H,26,30)/t21-,22+/m1/s1. The zero-order valence-electron chi connectivity index (χ0n) is 18.1. The summed E-state index contributed by atoms with van der Waals surface area (Å²) in [6, 6.07) is 16.7. The van der Waals surface area contributed by atoms with Gasteiger partial charge in [0.1, 0.15) is 0 Å². The first-order chi connectivity index (χ1) is 14.9. The Morgan fingerprint density at radius 2 is 1.84 bits per heavy atom. The number of carbonyl (C=O) groups is 3. The van der Waals surface area contributed by atoms with E-state index in [1.165, 1.54) is 11.1 Å². The molecule has 0 aliphatic carbocycles. The van der Waals surface area contributed by atoms with Crippen LogP contribution < -0.4 is 5.32 Å². The normalized spacial score (nSPS) is 21.7. The van der Waals surface area contributed by atoms with Gasteiger partial charge in [-0.2, -0.15) is 0 Å². The lowest BCUT2D eigenvalue weighted by Gasteiger charge is -2.25. The highest BCUT2D eigenvalue weighted by Gasteiger charge is 2.36. The lowest BCUT2D eigenvalue weighted by Crippen LogP contribution is -2.41. The fraction of sp³-hybridized carbons (Fsp3) is 0.400. The van der Waals surface area contributed by atoms with Crippen LogP contribution in [0.2, 0.25) is 0 Å². The van der Waals surface area contributed by atoms with Gasteiger partial charge in [-0.1, -0.05) is 54.1 Å². The van der Waals surface area contributed by atoms with Crippen LogP contribution in [-0.4, -0.2) is 60.7 Å². The number of nitrogens with zero attached hydrogens (tertiary/aromatic N) is 2. The topological polar surface area (TPSA) is 69.7 Å². The predicted octanol–water partition coefficient (Wildman–Crippen LogP) is 2.26. The molecule has 2 aliphatic rings. The highest BCUT2D eigenvalue weighted by Crippen LogP contribution is 2.24. The Bertz CT molecular complexity index is 986. The molecule has 3 amide bonds. The van der Waals surface area contributed by atoms with E-state index in [9.17, 15) is 14.4 Å². The number of rotatable bonds is 4. The Hall–Kier alpha value is -3.15. The van der Waals surface area contributed by atoms with Gasteiger partial charge in [-0.25, -0.2) is 0 Å². The number of carbonyl (C=O) groups excluding carboxylic acids is 3. The maximum Gasteiger partial charge on any atom is 0.228 e. The van der Waals surface area contributed by atoms with Gasteiger partial charge in [-0.05, 0) is 30.0 Å². The number of likely N-dealkylation sites (tertiary alicyclic amines) is 1. The fourth-order valence-corrected chi connectivity index (χ4v) is 4.49. The second-order valence-corrected chi connectivity index (χ2v) is 8.72. The first-order valence-corrected chi connectivity index (χ1v) is 10.9. The monoisotopic (exact) mass is 419 g/mol. The molecule has 4 rings (SSSR count). The van der Waals surface area contributed by atoms with Gasteiger partial charge in [0.05, 0.1) is 11.8 Å². The summed E-state index contributed by atoms with van der Waals surface area (Å²) >= 11 is 0. The first kappa shape index (κ1) is 21.1. The first-order valence-electron chi connectivity index (χ1n) is 10.9. The highest BCUT2D eigenvalue weighted by molar-refractivity contribution is 5.90. The molecule has 2 aromatic rings. The molecule has 2 fully saturated rings. The molecule has 2 aromatic carbocycles. The SMILES string of the molecule is Cc1cccc(-c2ccc(C[C@@H]3CN(C(=O)[C@H]4CC(=O)N(C)C4)CCNC3=O)cc2)c1. The summed E-state index contributed by atoms with van der Waals surface area (Å²) in [5, 5.41) is 2.94. The Balaban J connectivity index is 1.44. The quantitative estimate of drug-likeness (QED) is 0.827. The Morgan fingerprint density at radius 3 is 2.52 bits per heavy atom. The molecule has 31 heavy (non-hydrogen) atoms. The molecule has 2 saturated heterocycles. The van der Waals surface area contributed by atoms with Crippen molar-refractivity contribution in [2.75, 3.05) is 33.2 Å². The summed E-state index contributed by atoms with van der Waals surface area (Å²) < 4.78 is 0. The summed E-state index contributed by atoms with van der Waals surface area (Å²) in [5.74, 6) is -0.634. The Morgan fingerprint density at radius 1 is 1.06 bits per heavy atom. The van der Waals surface area contributed by atoms with E-state index in [0.717, 1.165) is 11.1 Å². The molecule has 0 saturated carbocycles. The fourth-order valence-electron chi connectivity index (χ4n) is 4.49. The van der Waals surface area contributed by atoms with Crippen molar-refractivity contribution >= 4 is 17.7 Å². The van der Waals surface area contributed by atoms with Crippen LogP contribution in [0.5, 0.6) is 0 Å². The van der Waals surface area contributed by atoms with Crippen molar-refractivity contribution in [3.05, 3.63) is 59.7 Å². The minimum Gasteiger partial charge on any atom is -0.354 e. The average Bonchev–Trinajstić information content (AvgIpc) is 2.99. The van der Waals surface area contributed by atoms with Crippen molar-refractivity contribution in [1.29, 1.82) is 0 Å². The van der Waals surface area contributed by atoms with Gasteiger partial charge in [0.2, 0.25) is 17.7 Å². The molecule has 1 N–H and O–H groups in total. The molecule has 6 nitrogen and oxygen atoms in total. The van der Waals surface area contributed by atoms with Gasteiger partial charge in [0.15, 0.2) is 0 Å². The van der Waals surface area contributed by atoms with E-state index in [4.69, 9.17) is 0 Å². The Kier molecular flexibility index (Phi) is 6.07. The van der Waals surface area contributed by atoms with Crippen molar-refractivity contribution in [1.82, 2.24) is 15.1 Å².